The van der Waals surface area contributed by atoms with Crippen LogP contribution in [0.5, 0.6) is 5.75 Å². The monoisotopic (exact) mass is 386 g/mol. The number of carbonyl (C=O) groups is 1. The van der Waals surface area contributed by atoms with Crippen LogP contribution in [0.4, 0.5) is 0 Å². The molecule has 1 N–H and O–H groups in total. The maximum atomic E-state index is 11.4. The lowest BCUT2D eigenvalue weighted by molar-refractivity contribution is 0.112. The minimum absolute atomic E-state index is 0.298. The first-order valence-corrected chi connectivity index (χ1v) is 10.1. The molecule has 4 rings (SSSR count). The number of nitrogens with one attached hydrogen (secondary N) is 1. The van der Waals surface area contributed by atoms with Gasteiger partial charge in [0.25, 0.3) is 0 Å². The van der Waals surface area contributed by atoms with Gasteiger partial charge in [0.15, 0.2) is 0 Å². The molecule has 1 unspecified atom stereocenters. The number of carbonyl (C=O) groups excluding carboxylic acids is 1. The van der Waals surface area contributed by atoms with E-state index in [1.54, 1.807) is 0 Å². The van der Waals surface area contributed by atoms with Crippen molar-refractivity contribution in [1.82, 2.24) is 10.2 Å². The van der Waals surface area contributed by atoms with Gasteiger partial charge in [0.1, 0.15) is 18.6 Å². The van der Waals surface area contributed by atoms with Gasteiger partial charge < -0.3 is 10.1 Å². The van der Waals surface area contributed by atoms with Gasteiger partial charge >= 0.3 is 0 Å². The molecule has 1 heterocycles. The van der Waals surface area contributed by atoms with E-state index < -0.39 is 0 Å². The fourth-order valence-electron chi connectivity index (χ4n) is 3.83. The molecule has 0 aliphatic carbocycles. The number of hydrogen-bond donors (Lipinski definition) is 1. The van der Waals surface area contributed by atoms with Gasteiger partial charge in [-0.3, -0.25) is 9.69 Å². The number of piperazine rings is 1. The van der Waals surface area contributed by atoms with Crippen LogP contribution in [-0.4, -0.2) is 30.8 Å². The van der Waals surface area contributed by atoms with Crippen molar-refractivity contribution in [2.24, 2.45) is 0 Å². The maximum Gasteiger partial charge on any atom is 0.150 e. The van der Waals surface area contributed by atoms with Crippen LogP contribution in [0.2, 0.25) is 0 Å². The molecule has 0 aromatic heterocycles. The Morgan fingerprint density at radius 2 is 1.76 bits per heavy atom. The van der Waals surface area contributed by atoms with Crippen LogP contribution < -0.4 is 10.1 Å². The summed E-state index contributed by atoms with van der Waals surface area (Å²) in [5.74, 6) is 0.838. The van der Waals surface area contributed by atoms with Crippen molar-refractivity contribution in [3.05, 3.63) is 101 Å². The second-order valence-electron chi connectivity index (χ2n) is 7.36. The molecule has 1 fully saturated rings. The Morgan fingerprint density at radius 3 is 2.52 bits per heavy atom. The molecule has 29 heavy (non-hydrogen) atoms. The minimum atomic E-state index is 0.298. The number of aldehydes is 1. The highest BCUT2D eigenvalue weighted by Gasteiger charge is 2.24. The van der Waals surface area contributed by atoms with Gasteiger partial charge in [0.2, 0.25) is 0 Å². The number of rotatable bonds is 7. The molecule has 0 amide bonds. The highest BCUT2D eigenvalue weighted by molar-refractivity contribution is 5.75. The molecule has 4 heteroatoms. The molecule has 0 spiro atoms. The zero-order chi connectivity index (χ0) is 19.9. The summed E-state index contributed by atoms with van der Waals surface area (Å²) in [5.41, 5.74) is 4.16. The molecule has 148 valence electrons. The Labute approximate surface area is 172 Å². The minimum Gasteiger partial charge on any atom is -0.489 e. The first-order valence-electron chi connectivity index (χ1n) is 10.1. The zero-order valence-electron chi connectivity index (χ0n) is 16.5. The van der Waals surface area contributed by atoms with E-state index in [9.17, 15) is 4.79 Å². The van der Waals surface area contributed by atoms with Gasteiger partial charge in [-0.15, -0.1) is 0 Å². The lowest BCUT2D eigenvalue weighted by atomic mass is 10.0. The average Bonchev–Trinajstić information content (AvgIpc) is 2.80. The molecule has 3 aromatic carbocycles. The molecule has 0 saturated carbocycles. The smallest absolute Gasteiger partial charge is 0.150 e. The van der Waals surface area contributed by atoms with Crippen molar-refractivity contribution in [2.45, 2.75) is 19.2 Å². The predicted molar refractivity (Wildman–Crippen MR) is 115 cm³/mol. The standard InChI is InChI=1S/C25H26N2O2/c28-18-21-11-12-25(29-19-20-7-3-1-4-8-20)23(15-21)17-27-14-13-26-16-24(27)22-9-5-2-6-10-22/h1-12,15,18,24,26H,13-14,16-17,19H2. The van der Waals surface area contributed by atoms with Gasteiger partial charge in [-0.2, -0.15) is 0 Å². The van der Waals surface area contributed by atoms with Crippen molar-refractivity contribution < 1.29 is 9.53 Å². The first kappa shape index (κ1) is 19.4. The van der Waals surface area contributed by atoms with Crippen molar-refractivity contribution in [3.63, 3.8) is 0 Å². The van der Waals surface area contributed by atoms with Gasteiger partial charge in [-0.1, -0.05) is 60.7 Å². The average molecular weight is 386 g/mol. The van der Waals surface area contributed by atoms with E-state index in [-0.39, 0.29) is 0 Å². The summed E-state index contributed by atoms with van der Waals surface area (Å²) in [5, 5.41) is 3.50. The summed E-state index contributed by atoms with van der Waals surface area (Å²) >= 11 is 0. The summed E-state index contributed by atoms with van der Waals surface area (Å²) in [6.45, 7) is 4.07. The van der Waals surface area contributed by atoms with Crippen LogP contribution in [0.25, 0.3) is 0 Å². The van der Waals surface area contributed by atoms with Crippen molar-refractivity contribution in [1.29, 1.82) is 0 Å². The fraction of sp³-hybridized carbons (Fsp3) is 0.240. The number of ether oxygens (including phenoxy) is 1. The van der Waals surface area contributed by atoms with E-state index in [0.717, 1.165) is 49.3 Å². The summed E-state index contributed by atoms with van der Waals surface area (Å²) in [4.78, 5) is 13.8. The summed E-state index contributed by atoms with van der Waals surface area (Å²) in [6, 6.07) is 26.7. The van der Waals surface area contributed by atoms with E-state index >= 15 is 0 Å². The Balaban J connectivity index is 1.56. The molecule has 3 aromatic rings. The SMILES string of the molecule is O=Cc1ccc(OCc2ccccc2)c(CN2CCNCC2c2ccccc2)c1. The molecule has 4 nitrogen and oxygen atoms in total. The fourth-order valence-corrected chi connectivity index (χ4v) is 3.83. The second-order valence-corrected chi connectivity index (χ2v) is 7.36. The normalized spacial score (nSPS) is 17.0. The van der Waals surface area contributed by atoms with Crippen LogP contribution in [0.1, 0.15) is 33.1 Å². The molecule has 0 bridgehead atoms. The molecule has 1 atom stereocenters. The van der Waals surface area contributed by atoms with Crippen LogP contribution in [-0.2, 0) is 13.2 Å². The summed E-state index contributed by atoms with van der Waals surface area (Å²) in [6.07, 6.45) is 0.900. The Kier molecular flexibility index (Phi) is 6.35. The second kappa shape index (κ2) is 9.50. The van der Waals surface area contributed by atoms with Crippen molar-refractivity contribution in [3.8, 4) is 5.75 Å². The van der Waals surface area contributed by atoms with Gasteiger partial charge in [0.05, 0.1) is 0 Å². The molecule has 1 saturated heterocycles. The third-order valence-electron chi connectivity index (χ3n) is 5.37. The van der Waals surface area contributed by atoms with Crippen LogP contribution in [0.15, 0.2) is 78.9 Å². The van der Waals surface area contributed by atoms with E-state index in [0.29, 0.717) is 18.2 Å². The Morgan fingerprint density at radius 1 is 1.00 bits per heavy atom. The summed E-state index contributed by atoms with van der Waals surface area (Å²) < 4.78 is 6.15. The van der Waals surface area contributed by atoms with E-state index in [1.165, 1.54) is 5.56 Å². The predicted octanol–water partition coefficient (Wildman–Crippen LogP) is 4.22. The molecule has 1 aliphatic rings. The highest BCUT2D eigenvalue weighted by atomic mass is 16.5. The van der Waals surface area contributed by atoms with Crippen molar-refractivity contribution in [2.75, 3.05) is 19.6 Å². The van der Waals surface area contributed by atoms with Gasteiger partial charge in [-0.25, -0.2) is 0 Å². The molecular formula is C25H26N2O2. The molecule has 0 radical (unpaired) electrons. The van der Waals surface area contributed by atoms with Gasteiger partial charge in [-0.05, 0) is 29.3 Å². The van der Waals surface area contributed by atoms with Gasteiger partial charge in [0, 0.05) is 43.3 Å². The molecular weight excluding hydrogens is 360 g/mol. The largest absolute Gasteiger partial charge is 0.489 e. The number of hydrogen-bond acceptors (Lipinski definition) is 4. The lowest BCUT2D eigenvalue weighted by Gasteiger charge is -2.37. The zero-order valence-corrected chi connectivity index (χ0v) is 16.5. The Bertz CT molecular complexity index is 928. The lowest BCUT2D eigenvalue weighted by Crippen LogP contribution is -2.45. The Hall–Kier alpha value is -2.95. The van der Waals surface area contributed by atoms with E-state index in [1.807, 2.05) is 42.5 Å². The highest BCUT2D eigenvalue weighted by Crippen LogP contribution is 2.28. The van der Waals surface area contributed by atoms with E-state index in [4.69, 9.17) is 4.74 Å². The van der Waals surface area contributed by atoms with E-state index in [2.05, 4.69) is 46.6 Å². The third-order valence-corrected chi connectivity index (χ3v) is 5.37. The number of benzene rings is 3. The topological polar surface area (TPSA) is 41.6 Å². The van der Waals surface area contributed by atoms with Crippen molar-refractivity contribution >= 4 is 6.29 Å². The third kappa shape index (κ3) is 4.91. The van der Waals surface area contributed by atoms with Crippen LogP contribution in [0.3, 0.4) is 0 Å². The van der Waals surface area contributed by atoms with Crippen LogP contribution in [0, 0.1) is 0 Å². The maximum absolute atomic E-state index is 11.4. The summed E-state index contributed by atoms with van der Waals surface area (Å²) in [7, 11) is 0. The number of nitrogens with zero attached hydrogens (tertiary/aromatic N) is 1. The van der Waals surface area contributed by atoms with Crippen LogP contribution >= 0.6 is 0 Å². The molecule has 1 aliphatic heterocycles. The first-order chi connectivity index (χ1) is 14.3. The quantitative estimate of drug-likeness (QED) is 0.617.